The van der Waals surface area contributed by atoms with Crippen molar-refractivity contribution in [1.29, 1.82) is 0 Å². The van der Waals surface area contributed by atoms with Gasteiger partial charge in [0.2, 0.25) is 5.91 Å². The molecular formula is C19H21N3O3S. The minimum Gasteiger partial charge on any atom is -0.497 e. The van der Waals surface area contributed by atoms with E-state index in [1.807, 2.05) is 49.4 Å². The van der Waals surface area contributed by atoms with Crippen LogP contribution in [0, 0.1) is 0 Å². The number of hydrogen-bond acceptors (Lipinski definition) is 4. The van der Waals surface area contributed by atoms with Crippen molar-refractivity contribution < 1.29 is 9.53 Å². The number of carbonyl (C=O) groups is 1. The second-order valence-electron chi connectivity index (χ2n) is 6.03. The molecule has 0 saturated carbocycles. The van der Waals surface area contributed by atoms with Gasteiger partial charge >= 0.3 is 5.69 Å². The Kier molecular flexibility index (Phi) is 5.08. The second-order valence-corrected chi connectivity index (χ2v) is 7.44. The molecule has 0 aliphatic rings. The molecule has 0 radical (unpaired) electrons. The molecule has 136 valence electrons. The molecule has 0 spiro atoms. The molecule has 0 aliphatic heterocycles. The number of hydrogen-bond donors (Lipinski definition) is 1. The molecule has 0 bridgehead atoms. The van der Waals surface area contributed by atoms with Crippen LogP contribution in [0.2, 0.25) is 0 Å². The summed E-state index contributed by atoms with van der Waals surface area (Å²) in [6.07, 6.45) is 0. The van der Waals surface area contributed by atoms with Crippen molar-refractivity contribution in [3.63, 3.8) is 0 Å². The largest absolute Gasteiger partial charge is 0.497 e. The quantitative estimate of drug-likeness (QED) is 0.700. The second kappa shape index (κ2) is 7.29. The highest BCUT2D eigenvalue weighted by Gasteiger charge is 2.16. The molecule has 3 rings (SSSR count). The topological polar surface area (TPSA) is 65.3 Å². The summed E-state index contributed by atoms with van der Waals surface area (Å²) < 4.78 is 8.30. The third-order valence-corrected chi connectivity index (χ3v) is 5.39. The van der Waals surface area contributed by atoms with Crippen molar-refractivity contribution in [1.82, 2.24) is 9.13 Å². The fourth-order valence-corrected chi connectivity index (χ4v) is 3.61. The molecule has 3 aromatic rings. The molecule has 26 heavy (non-hydrogen) atoms. The first kappa shape index (κ1) is 18.1. The maximum Gasteiger partial charge on any atom is 0.328 e. The van der Waals surface area contributed by atoms with E-state index in [-0.39, 0.29) is 16.8 Å². The smallest absolute Gasteiger partial charge is 0.328 e. The van der Waals surface area contributed by atoms with E-state index in [0.717, 1.165) is 21.7 Å². The molecule has 1 N–H and O–H groups in total. The van der Waals surface area contributed by atoms with Gasteiger partial charge in [0.15, 0.2) is 0 Å². The fraction of sp³-hybridized carbons (Fsp3) is 0.263. The molecular weight excluding hydrogens is 350 g/mol. The highest BCUT2D eigenvalue weighted by Crippen LogP contribution is 2.26. The number of amides is 1. The number of thioether (sulfide) groups is 1. The zero-order valence-electron chi connectivity index (χ0n) is 15.1. The van der Waals surface area contributed by atoms with Gasteiger partial charge in [0.05, 0.1) is 23.4 Å². The number of aromatic nitrogens is 2. The van der Waals surface area contributed by atoms with Crippen LogP contribution < -0.4 is 15.7 Å². The van der Waals surface area contributed by atoms with Gasteiger partial charge < -0.3 is 10.1 Å². The van der Waals surface area contributed by atoms with Gasteiger partial charge in [0.1, 0.15) is 5.75 Å². The Bertz CT molecular complexity index is 1010. The lowest BCUT2D eigenvalue weighted by Crippen LogP contribution is -2.22. The normalized spacial score (nSPS) is 12.2. The van der Waals surface area contributed by atoms with Crippen LogP contribution in [0.5, 0.6) is 5.75 Å². The minimum absolute atomic E-state index is 0.0908. The molecule has 2 aromatic carbocycles. The molecule has 0 aliphatic carbocycles. The molecule has 0 fully saturated rings. The maximum atomic E-state index is 12.5. The Hall–Kier alpha value is -2.67. The van der Waals surface area contributed by atoms with Crippen molar-refractivity contribution in [3.05, 3.63) is 52.9 Å². The van der Waals surface area contributed by atoms with Crippen LogP contribution >= 0.6 is 11.8 Å². The highest BCUT2D eigenvalue weighted by molar-refractivity contribution is 8.00. The summed E-state index contributed by atoms with van der Waals surface area (Å²) in [5, 5.41) is 2.66. The van der Waals surface area contributed by atoms with Gasteiger partial charge in [-0.25, -0.2) is 4.79 Å². The van der Waals surface area contributed by atoms with Gasteiger partial charge in [-0.1, -0.05) is 0 Å². The maximum absolute atomic E-state index is 12.5. The molecule has 1 heterocycles. The zero-order chi connectivity index (χ0) is 18.8. The Morgan fingerprint density at radius 2 is 1.73 bits per heavy atom. The number of carbonyl (C=O) groups excluding carboxylic acids is 1. The number of nitrogens with zero attached hydrogens (tertiary/aromatic N) is 2. The Balaban J connectivity index is 1.73. The molecule has 1 aromatic heterocycles. The van der Waals surface area contributed by atoms with Crippen molar-refractivity contribution in [2.45, 2.75) is 17.1 Å². The van der Waals surface area contributed by atoms with Crippen LogP contribution in [0.25, 0.3) is 11.0 Å². The Morgan fingerprint density at radius 3 is 2.38 bits per heavy atom. The van der Waals surface area contributed by atoms with E-state index in [1.165, 1.54) is 11.8 Å². The molecule has 6 nitrogen and oxygen atoms in total. The number of methoxy groups -OCH3 is 1. The summed E-state index contributed by atoms with van der Waals surface area (Å²) >= 11 is 1.48. The summed E-state index contributed by atoms with van der Waals surface area (Å²) in [6, 6.07) is 13.1. The number of rotatable bonds is 5. The summed E-state index contributed by atoms with van der Waals surface area (Å²) in [7, 11) is 5.08. The summed E-state index contributed by atoms with van der Waals surface area (Å²) in [6.45, 7) is 1.86. The van der Waals surface area contributed by atoms with Crippen molar-refractivity contribution in [2.24, 2.45) is 14.1 Å². The van der Waals surface area contributed by atoms with E-state index in [2.05, 4.69) is 5.32 Å². The van der Waals surface area contributed by atoms with Crippen LogP contribution in [-0.4, -0.2) is 27.4 Å². The number of nitrogens with one attached hydrogen (secondary N) is 1. The van der Waals surface area contributed by atoms with Crippen LogP contribution in [0.1, 0.15) is 6.92 Å². The number of aryl methyl sites for hydroxylation is 2. The first-order valence-electron chi connectivity index (χ1n) is 8.17. The Morgan fingerprint density at radius 1 is 1.08 bits per heavy atom. The first-order valence-corrected chi connectivity index (χ1v) is 9.05. The monoisotopic (exact) mass is 371 g/mol. The number of ether oxygens (including phenoxy) is 1. The van der Waals surface area contributed by atoms with Crippen molar-refractivity contribution in [3.8, 4) is 5.75 Å². The summed E-state index contributed by atoms with van der Waals surface area (Å²) in [5.41, 5.74) is 2.19. The molecule has 0 saturated heterocycles. The van der Waals surface area contributed by atoms with Gasteiger partial charge in [0, 0.05) is 24.7 Å². The van der Waals surface area contributed by atoms with E-state index < -0.39 is 0 Å². The van der Waals surface area contributed by atoms with E-state index >= 15 is 0 Å². The van der Waals surface area contributed by atoms with Gasteiger partial charge in [-0.05, 0) is 49.4 Å². The van der Waals surface area contributed by atoms with E-state index in [0.29, 0.717) is 5.69 Å². The standard InChI is InChI=1S/C19H21N3O3S/c1-12(26-15-8-6-14(25-4)7-9-15)18(23)20-13-5-10-16-17(11-13)22(3)19(24)21(16)2/h5-12H,1-4H3,(H,20,23). The van der Waals surface area contributed by atoms with Crippen LogP contribution in [-0.2, 0) is 18.9 Å². The van der Waals surface area contributed by atoms with Crippen molar-refractivity contribution in [2.75, 3.05) is 12.4 Å². The van der Waals surface area contributed by atoms with Gasteiger partial charge in [0.25, 0.3) is 0 Å². The third kappa shape index (κ3) is 3.48. The predicted molar refractivity (Wildman–Crippen MR) is 105 cm³/mol. The Labute approximate surface area is 155 Å². The highest BCUT2D eigenvalue weighted by atomic mass is 32.2. The van der Waals surface area contributed by atoms with Crippen LogP contribution in [0.4, 0.5) is 5.69 Å². The zero-order valence-corrected chi connectivity index (χ0v) is 16.0. The predicted octanol–water partition coefficient (Wildman–Crippen LogP) is 3.00. The first-order chi connectivity index (χ1) is 12.4. The van der Waals surface area contributed by atoms with Gasteiger partial charge in [-0.15, -0.1) is 11.8 Å². The van der Waals surface area contributed by atoms with Crippen molar-refractivity contribution >= 4 is 34.4 Å². The van der Waals surface area contributed by atoms with Crippen LogP contribution in [0.3, 0.4) is 0 Å². The summed E-state index contributed by atoms with van der Waals surface area (Å²) in [4.78, 5) is 25.5. The minimum atomic E-state index is -0.265. The third-order valence-electron chi connectivity index (χ3n) is 4.28. The van der Waals surface area contributed by atoms with Gasteiger partial charge in [-0.3, -0.25) is 13.9 Å². The molecule has 1 unspecified atom stereocenters. The molecule has 1 atom stereocenters. The number of benzene rings is 2. The average molecular weight is 371 g/mol. The van der Waals surface area contributed by atoms with Gasteiger partial charge in [-0.2, -0.15) is 0 Å². The van der Waals surface area contributed by atoms with Crippen LogP contribution in [0.15, 0.2) is 52.2 Å². The fourth-order valence-electron chi connectivity index (χ4n) is 2.74. The average Bonchev–Trinajstić information content (AvgIpc) is 2.86. The number of fused-ring (bicyclic) bond motifs is 1. The van der Waals surface area contributed by atoms with E-state index in [9.17, 15) is 9.59 Å². The number of anilines is 1. The van der Waals surface area contributed by atoms with E-state index in [4.69, 9.17) is 4.74 Å². The lowest BCUT2D eigenvalue weighted by molar-refractivity contribution is -0.115. The molecule has 7 heteroatoms. The van der Waals surface area contributed by atoms with E-state index in [1.54, 1.807) is 30.3 Å². The summed E-state index contributed by atoms with van der Waals surface area (Å²) in [5.74, 6) is 0.694. The molecule has 1 amide bonds. The lowest BCUT2D eigenvalue weighted by atomic mass is 10.2. The SMILES string of the molecule is COc1ccc(SC(C)C(=O)Nc2ccc3c(c2)n(C)c(=O)n3C)cc1. The number of imidazole rings is 1. The lowest BCUT2D eigenvalue weighted by Gasteiger charge is -2.12.